The molecule has 1 N–H and O–H groups in total. The number of carbonyl (C=O) groups is 2. The third-order valence-corrected chi connectivity index (χ3v) is 4.04. The highest BCUT2D eigenvalue weighted by molar-refractivity contribution is 7.85. The fourth-order valence-electron chi connectivity index (χ4n) is 1.45. The summed E-state index contributed by atoms with van der Waals surface area (Å²) < 4.78 is 11.9. The Bertz CT molecular complexity index is 482. The molecule has 6 heteroatoms. The molecule has 0 aliphatic carbocycles. The van der Waals surface area contributed by atoms with E-state index in [9.17, 15) is 13.8 Å². The maximum Gasteiger partial charge on any atom is 0.335 e. The van der Waals surface area contributed by atoms with Gasteiger partial charge in [-0.1, -0.05) is 0 Å². The Hall–Kier alpha value is -1.69. The largest absolute Gasteiger partial charge is 0.478 e. The predicted molar refractivity (Wildman–Crippen MR) is 72.6 cm³/mol. The molecule has 0 aliphatic rings. The molecule has 1 aromatic rings. The standard InChI is InChI=1S/C13H17NO4S/c1-14(2)12(15)4-3-9-19(18)11-7-5-10(6-8-11)13(16)17/h5-8H,3-4,9H2,1-2H3,(H,16,17). The lowest BCUT2D eigenvalue weighted by atomic mass is 10.2. The predicted octanol–water partition coefficient (Wildman–Crippen LogP) is 1.36. The zero-order chi connectivity index (χ0) is 14.4. The first-order valence-electron chi connectivity index (χ1n) is 5.83. The van der Waals surface area contributed by atoms with E-state index >= 15 is 0 Å². The number of hydrogen-bond donors (Lipinski definition) is 1. The van der Waals surface area contributed by atoms with Crippen LogP contribution in [0.1, 0.15) is 23.2 Å². The molecule has 0 fully saturated rings. The van der Waals surface area contributed by atoms with E-state index < -0.39 is 16.8 Å². The van der Waals surface area contributed by atoms with Crippen molar-refractivity contribution in [2.75, 3.05) is 19.8 Å². The molecule has 1 aromatic carbocycles. The van der Waals surface area contributed by atoms with E-state index in [1.807, 2.05) is 0 Å². The van der Waals surface area contributed by atoms with Gasteiger partial charge in [0.25, 0.3) is 0 Å². The Morgan fingerprint density at radius 2 is 1.79 bits per heavy atom. The van der Waals surface area contributed by atoms with Crippen molar-refractivity contribution in [3.05, 3.63) is 29.8 Å². The monoisotopic (exact) mass is 283 g/mol. The van der Waals surface area contributed by atoms with Gasteiger partial charge in [0.05, 0.1) is 16.4 Å². The van der Waals surface area contributed by atoms with Gasteiger partial charge >= 0.3 is 5.97 Å². The van der Waals surface area contributed by atoms with Gasteiger partial charge in [0.15, 0.2) is 0 Å². The molecule has 0 saturated carbocycles. The molecule has 19 heavy (non-hydrogen) atoms. The number of nitrogens with zero attached hydrogens (tertiary/aromatic N) is 1. The normalized spacial score (nSPS) is 11.9. The summed E-state index contributed by atoms with van der Waals surface area (Å²) in [7, 11) is 2.17. The molecule has 1 rings (SSSR count). The van der Waals surface area contributed by atoms with Crippen LogP contribution in [0.2, 0.25) is 0 Å². The van der Waals surface area contributed by atoms with Crippen LogP contribution >= 0.6 is 0 Å². The van der Waals surface area contributed by atoms with Gasteiger partial charge in [0.2, 0.25) is 5.91 Å². The molecule has 104 valence electrons. The second-order valence-corrected chi connectivity index (χ2v) is 5.84. The maximum absolute atomic E-state index is 11.9. The van der Waals surface area contributed by atoms with Crippen LogP contribution in [0, 0.1) is 0 Å². The molecule has 1 unspecified atom stereocenters. The number of hydrogen-bond acceptors (Lipinski definition) is 3. The van der Waals surface area contributed by atoms with Gasteiger partial charge in [-0.3, -0.25) is 9.00 Å². The van der Waals surface area contributed by atoms with Crippen LogP contribution in [-0.4, -0.2) is 45.9 Å². The second-order valence-electron chi connectivity index (χ2n) is 4.27. The summed E-state index contributed by atoms with van der Waals surface area (Å²) in [5.41, 5.74) is 0.170. The number of carboxylic acids is 1. The summed E-state index contributed by atoms with van der Waals surface area (Å²) in [4.78, 5) is 24.1. The van der Waals surface area contributed by atoms with Crippen LogP contribution < -0.4 is 0 Å². The second kappa shape index (κ2) is 7.04. The van der Waals surface area contributed by atoms with Crippen LogP contribution in [0.15, 0.2) is 29.2 Å². The lowest BCUT2D eigenvalue weighted by Gasteiger charge is -2.09. The highest BCUT2D eigenvalue weighted by atomic mass is 32.2. The molecule has 0 aliphatic heterocycles. The zero-order valence-electron chi connectivity index (χ0n) is 11.0. The van der Waals surface area contributed by atoms with Crippen LogP contribution in [0.3, 0.4) is 0 Å². The fourth-order valence-corrected chi connectivity index (χ4v) is 2.53. The average Bonchev–Trinajstić information content (AvgIpc) is 2.38. The summed E-state index contributed by atoms with van der Waals surface area (Å²) >= 11 is 0. The van der Waals surface area contributed by atoms with Crippen LogP contribution in [0.4, 0.5) is 0 Å². The third-order valence-electron chi connectivity index (χ3n) is 2.58. The summed E-state index contributed by atoms with van der Waals surface area (Å²) in [6, 6.07) is 5.96. The van der Waals surface area contributed by atoms with E-state index in [1.54, 1.807) is 26.2 Å². The number of benzene rings is 1. The smallest absolute Gasteiger partial charge is 0.335 e. The number of rotatable bonds is 6. The fraction of sp³-hybridized carbons (Fsp3) is 0.385. The summed E-state index contributed by atoms with van der Waals surface area (Å²) in [6.45, 7) is 0. The van der Waals surface area contributed by atoms with Crippen molar-refractivity contribution in [1.82, 2.24) is 4.90 Å². The van der Waals surface area contributed by atoms with Crippen molar-refractivity contribution in [2.45, 2.75) is 17.7 Å². The minimum atomic E-state index is -1.20. The number of carboxylic acid groups (broad SMARTS) is 1. The molecule has 0 bridgehead atoms. The topological polar surface area (TPSA) is 74.7 Å². The first kappa shape index (κ1) is 15.4. The Labute approximate surface area is 114 Å². The molecule has 5 nitrogen and oxygen atoms in total. The maximum atomic E-state index is 11.9. The van der Waals surface area contributed by atoms with Crippen molar-refractivity contribution >= 4 is 22.7 Å². The first-order valence-corrected chi connectivity index (χ1v) is 7.15. The molecule has 1 amide bonds. The van der Waals surface area contributed by atoms with Crippen LogP contribution in [-0.2, 0) is 15.6 Å². The van der Waals surface area contributed by atoms with Gasteiger partial charge in [-0.15, -0.1) is 0 Å². The quantitative estimate of drug-likeness (QED) is 0.855. The van der Waals surface area contributed by atoms with Gasteiger partial charge in [-0.05, 0) is 30.7 Å². The van der Waals surface area contributed by atoms with Crippen LogP contribution in [0.5, 0.6) is 0 Å². The Kier molecular flexibility index (Phi) is 5.69. The van der Waals surface area contributed by atoms with Crippen molar-refractivity contribution < 1.29 is 18.9 Å². The molecule has 1 atom stereocenters. The SMILES string of the molecule is CN(C)C(=O)CCCS(=O)c1ccc(C(=O)O)cc1. The van der Waals surface area contributed by atoms with Crippen molar-refractivity contribution in [2.24, 2.45) is 0 Å². The average molecular weight is 283 g/mol. The Morgan fingerprint density at radius 1 is 1.21 bits per heavy atom. The van der Waals surface area contributed by atoms with Crippen LogP contribution in [0.25, 0.3) is 0 Å². The van der Waals surface area contributed by atoms with E-state index in [-0.39, 0.29) is 11.5 Å². The van der Waals surface area contributed by atoms with E-state index in [2.05, 4.69) is 0 Å². The summed E-state index contributed by atoms with van der Waals surface area (Å²) in [5, 5.41) is 8.75. The molecule has 0 radical (unpaired) electrons. The molecular weight excluding hydrogens is 266 g/mol. The first-order chi connectivity index (χ1) is 8.91. The highest BCUT2D eigenvalue weighted by Crippen LogP contribution is 2.10. The van der Waals surface area contributed by atoms with Gasteiger partial charge in [-0.2, -0.15) is 0 Å². The van der Waals surface area contributed by atoms with E-state index in [0.717, 1.165) is 0 Å². The molecular formula is C13H17NO4S. The zero-order valence-corrected chi connectivity index (χ0v) is 11.8. The van der Waals surface area contributed by atoms with E-state index in [0.29, 0.717) is 23.5 Å². The minimum absolute atomic E-state index is 0.0122. The number of amides is 1. The Morgan fingerprint density at radius 3 is 2.26 bits per heavy atom. The molecule has 0 aromatic heterocycles. The van der Waals surface area contributed by atoms with Crippen molar-refractivity contribution in [1.29, 1.82) is 0 Å². The summed E-state index contributed by atoms with van der Waals surface area (Å²) in [5.74, 6) is -0.599. The number of carbonyl (C=O) groups excluding carboxylic acids is 1. The summed E-state index contributed by atoms with van der Waals surface area (Å²) in [6.07, 6.45) is 0.913. The molecule has 0 spiro atoms. The van der Waals surface area contributed by atoms with Gasteiger partial charge in [0.1, 0.15) is 0 Å². The van der Waals surface area contributed by atoms with Crippen molar-refractivity contribution in [3.8, 4) is 0 Å². The lowest BCUT2D eigenvalue weighted by Crippen LogP contribution is -2.21. The van der Waals surface area contributed by atoms with Crippen molar-refractivity contribution in [3.63, 3.8) is 0 Å². The third kappa shape index (κ3) is 4.82. The van der Waals surface area contributed by atoms with Gasteiger partial charge < -0.3 is 10.0 Å². The molecule has 0 heterocycles. The van der Waals surface area contributed by atoms with E-state index in [1.165, 1.54) is 17.0 Å². The van der Waals surface area contributed by atoms with Gasteiger partial charge in [0, 0.05) is 31.2 Å². The highest BCUT2D eigenvalue weighted by Gasteiger charge is 2.09. The number of aromatic carboxylic acids is 1. The minimum Gasteiger partial charge on any atom is -0.478 e. The molecule has 0 saturated heterocycles. The Balaban J connectivity index is 2.50. The van der Waals surface area contributed by atoms with E-state index in [4.69, 9.17) is 5.11 Å². The lowest BCUT2D eigenvalue weighted by molar-refractivity contribution is -0.128. The van der Waals surface area contributed by atoms with Gasteiger partial charge in [-0.25, -0.2) is 4.79 Å².